The van der Waals surface area contributed by atoms with Gasteiger partial charge in [0.25, 0.3) is 0 Å². The first-order valence-corrected chi connectivity index (χ1v) is 5.87. The summed E-state index contributed by atoms with van der Waals surface area (Å²) in [6.07, 6.45) is 0.521. The second-order valence-electron chi connectivity index (χ2n) is 3.07. The van der Waals surface area contributed by atoms with Crippen LogP contribution in [0.5, 0.6) is 0 Å². The maximum atomic E-state index is 12.9. The van der Waals surface area contributed by atoms with E-state index in [4.69, 9.17) is 16.1 Å². The van der Waals surface area contributed by atoms with Gasteiger partial charge in [-0.05, 0) is 34.1 Å². The largest absolute Gasteiger partial charge is 0.339 e. The van der Waals surface area contributed by atoms with Crippen LogP contribution in [-0.2, 0) is 6.42 Å². The zero-order valence-corrected chi connectivity index (χ0v) is 10.4. The molecule has 2 aromatic rings. The topological polar surface area (TPSA) is 38.9 Å². The highest BCUT2D eigenvalue weighted by Crippen LogP contribution is 2.26. The van der Waals surface area contributed by atoms with Gasteiger partial charge in [-0.15, -0.1) is 11.6 Å². The lowest BCUT2D eigenvalue weighted by Crippen LogP contribution is -1.87. The summed E-state index contributed by atoms with van der Waals surface area (Å²) >= 11 is 8.80. The molecule has 3 nitrogen and oxygen atoms in total. The summed E-state index contributed by atoms with van der Waals surface area (Å²) in [5, 5.41) is 3.80. The van der Waals surface area contributed by atoms with Gasteiger partial charge in [-0.25, -0.2) is 4.39 Å². The molecule has 0 unspecified atom stereocenters. The predicted molar refractivity (Wildman–Crippen MR) is 61.8 cm³/mol. The Morgan fingerprint density at radius 3 is 2.94 bits per heavy atom. The predicted octanol–water partition coefficient (Wildman–Crippen LogP) is 3.42. The van der Waals surface area contributed by atoms with E-state index in [1.165, 1.54) is 12.1 Å². The van der Waals surface area contributed by atoms with Gasteiger partial charge in [-0.2, -0.15) is 4.98 Å². The van der Waals surface area contributed by atoms with E-state index in [9.17, 15) is 4.39 Å². The molecule has 2 rings (SSSR count). The van der Waals surface area contributed by atoms with E-state index in [1.807, 2.05) is 0 Å². The Labute approximate surface area is 105 Å². The van der Waals surface area contributed by atoms with Crippen molar-refractivity contribution in [3.8, 4) is 11.4 Å². The first-order valence-electron chi connectivity index (χ1n) is 4.54. The number of aromatic nitrogens is 2. The van der Waals surface area contributed by atoms with Crippen LogP contribution in [-0.4, -0.2) is 16.0 Å². The molecular formula is C10H7BrClFN2O. The maximum Gasteiger partial charge on any atom is 0.228 e. The molecule has 0 fully saturated rings. The second kappa shape index (κ2) is 4.93. The highest BCUT2D eigenvalue weighted by Gasteiger charge is 2.11. The molecule has 0 aliphatic rings. The van der Waals surface area contributed by atoms with Gasteiger partial charge in [-0.3, -0.25) is 0 Å². The van der Waals surface area contributed by atoms with Gasteiger partial charge < -0.3 is 4.52 Å². The molecule has 0 aliphatic carbocycles. The Hall–Kier alpha value is -0.940. The van der Waals surface area contributed by atoms with Crippen LogP contribution in [0.25, 0.3) is 11.4 Å². The zero-order valence-electron chi connectivity index (χ0n) is 8.08. The molecule has 1 aromatic heterocycles. The molecule has 6 heteroatoms. The van der Waals surface area contributed by atoms with Gasteiger partial charge in [0, 0.05) is 22.3 Å². The van der Waals surface area contributed by atoms with Crippen molar-refractivity contribution in [2.45, 2.75) is 6.42 Å². The fourth-order valence-corrected chi connectivity index (χ4v) is 1.91. The minimum Gasteiger partial charge on any atom is -0.339 e. The van der Waals surface area contributed by atoms with Crippen LogP contribution in [0.3, 0.4) is 0 Å². The van der Waals surface area contributed by atoms with Crippen LogP contribution >= 0.6 is 27.5 Å². The monoisotopic (exact) mass is 304 g/mol. The van der Waals surface area contributed by atoms with Crippen molar-refractivity contribution in [1.82, 2.24) is 10.1 Å². The Balaban J connectivity index is 2.35. The Bertz CT molecular complexity index is 503. The molecule has 16 heavy (non-hydrogen) atoms. The number of hydrogen-bond acceptors (Lipinski definition) is 3. The molecule has 0 bridgehead atoms. The minimum atomic E-state index is -0.319. The van der Waals surface area contributed by atoms with Crippen LogP contribution in [0.1, 0.15) is 5.89 Å². The van der Waals surface area contributed by atoms with E-state index >= 15 is 0 Å². The van der Waals surface area contributed by atoms with E-state index in [0.29, 0.717) is 34.1 Å². The Morgan fingerprint density at radius 2 is 2.25 bits per heavy atom. The quantitative estimate of drug-likeness (QED) is 0.816. The maximum absolute atomic E-state index is 12.9. The third-order valence-electron chi connectivity index (χ3n) is 1.95. The third-order valence-corrected chi connectivity index (χ3v) is 2.79. The average Bonchev–Trinajstić information content (AvgIpc) is 2.67. The van der Waals surface area contributed by atoms with Gasteiger partial charge in [0.1, 0.15) is 5.82 Å². The van der Waals surface area contributed by atoms with Crippen molar-refractivity contribution in [2.75, 3.05) is 5.88 Å². The van der Waals surface area contributed by atoms with E-state index in [-0.39, 0.29) is 5.82 Å². The average molecular weight is 306 g/mol. The van der Waals surface area contributed by atoms with Crippen molar-refractivity contribution >= 4 is 27.5 Å². The summed E-state index contributed by atoms with van der Waals surface area (Å²) in [7, 11) is 0. The summed E-state index contributed by atoms with van der Waals surface area (Å²) in [6.45, 7) is 0. The first-order chi connectivity index (χ1) is 7.70. The molecule has 0 spiro atoms. The van der Waals surface area contributed by atoms with E-state index in [2.05, 4.69) is 26.1 Å². The zero-order chi connectivity index (χ0) is 11.5. The van der Waals surface area contributed by atoms with Gasteiger partial charge >= 0.3 is 0 Å². The second-order valence-corrected chi connectivity index (χ2v) is 4.31. The fourth-order valence-electron chi connectivity index (χ4n) is 1.22. The normalized spacial score (nSPS) is 10.7. The fraction of sp³-hybridized carbons (Fsp3) is 0.200. The smallest absolute Gasteiger partial charge is 0.228 e. The summed E-state index contributed by atoms with van der Waals surface area (Å²) in [6, 6.07) is 4.29. The molecule has 0 saturated heterocycles. The Morgan fingerprint density at radius 1 is 1.44 bits per heavy atom. The van der Waals surface area contributed by atoms with Gasteiger partial charge in [-0.1, -0.05) is 5.16 Å². The van der Waals surface area contributed by atoms with Crippen molar-refractivity contribution < 1.29 is 8.91 Å². The third kappa shape index (κ3) is 2.41. The SMILES string of the molecule is Fc1ccc(-c2noc(CCCl)n2)c(Br)c1. The number of hydrogen-bond donors (Lipinski definition) is 0. The van der Waals surface area contributed by atoms with Crippen LogP contribution in [0.4, 0.5) is 4.39 Å². The number of rotatable bonds is 3. The summed E-state index contributed by atoms with van der Waals surface area (Å²) in [4.78, 5) is 4.15. The Kier molecular flexibility index (Phi) is 3.56. The van der Waals surface area contributed by atoms with E-state index < -0.39 is 0 Å². The summed E-state index contributed by atoms with van der Waals surface area (Å²) < 4.78 is 18.5. The summed E-state index contributed by atoms with van der Waals surface area (Å²) in [5.74, 6) is 1.000. The first kappa shape index (κ1) is 11.5. The molecule has 1 aromatic carbocycles. The van der Waals surface area contributed by atoms with Crippen molar-refractivity contribution in [1.29, 1.82) is 0 Å². The number of aryl methyl sites for hydroxylation is 1. The van der Waals surface area contributed by atoms with Crippen LogP contribution in [0, 0.1) is 5.82 Å². The van der Waals surface area contributed by atoms with Crippen molar-refractivity contribution in [3.05, 3.63) is 34.4 Å². The molecule has 84 valence electrons. The summed E-state index contributed by atoms with van der Waals surface area (Å²) in [5.41, 5.74) is 0.686. The number of alkyl halides is 1. The molecule has 0 saturated carbocycles. The van der Waals surface area contributed by atoms with Crippen LogP contribution in [0.15, 0.2) is 27.2 Å². The number of nitrogens with zero attached hydrogens (tertiary/aromatic N) is 2. The number of benzene rings is 1. The lowest BCUT2D eigenvalue weighted by Gasteiger charge is -1.97. The highest BCUT2D eigenvalue weighted by molar-refractivity contribution is 9.10. The molecule has 0 aliphatic heterocycles. The van der Waals surface area contributed by atoms with Crippen molar-refractivity contribution in [3.63, 3.8) is 0 Å². The van der Waals surface area contributed by atoms with E-state index in [0.717, 1.165) is 0 Å². The van der Waals surface area contributed by atoms with Gasteiger partial charge in [0.05, 0.1) is 0 Å². The lowest BCUT2D eigenvalue weighted by atomic mass is 10.2. The molecule has 0 amide bonds. The molecule has 0 radical (unpaired) electrons. The highest BCUT2D eigenvalue weighted by atomic mass is 79.9. The van der Waals surface area contributed by atoms with Crippen molar-refractivity contribution in [2.24, 2.45) is 0 Å². The molecule has 0 atom stereocenters. The standard InChI is InChI=1S/C10H7BrClFN2O/c11-8-5-6(13)1-2-7(8)10-14-9(3-4-12)16-15-10/h1-2,5H,3-4H2. The molecular weight excluding hydrogens is 298 g/mol. The number of halogens is 3. The molecule has 0 N–H and O–H groups in total. The van der Waals surface area contributed by atoms with Crippen LogP contribution < -0.4 is 0 Å². The lowest BCUT2D eigenvalue weighted by molar-refractivity contribution is 0.383. The van der Waals surface area contributed by atoms with Gasteiger partial charge in [0.15, 0.2) is 0 Å². The molecule has 1 heterocycles. The van der Waals surface area contributed by atoms with Crippen LogP contribution in [0.2, 0.25) is 0 Å². The van der Waals surface area contributed by atoms with Gasteiger partial charge in [0.2, 0.25) is 11.7 Å². The van der Waals surface area contributed by atoms with E-state index in [1.54, 1.807) is 6.07 Å². The minimum absolute atomic E-state index is 0.319.